The molecule has 2 aliphatic heterocycles. The summed E-state index contributed by atoms with van der Waals surface area (Å²) in [6.45, 7) is 24.0. The van der Waals surface area contributed by atoms with Crippen LogP contribution in [0.3, 0.4) is 0 Å². The lowest BCUT2D eigenvalue weighted by Gasteiger charge is -2.39. The van der Waals surface area contributed by atoms with Crippen LogP contribution in [0.4, 0.5) is 0 Å². The molecule has 0 aliphatic carbocycles. The third-order valence-electron chi connectivity index (χ3n) is 20.3. The largest absolute Gasteiger partial charge is 0.511 e. The summed E-state index contributed by atoms with van der Waals surface area (Å²) in [7, 11) is 0. The molecule has 33 nitrogen and oxygen atoms in total. The Morgan fingerprint density at radius 1 is 0.427 bits per heavy atom. The van der Waals surface area contributed by atoms with Gasteiger partial charge in [0.15, 0.2) is 0 Å². The predicted octanol–water partition coefficient (Wildman–Crippen LogP) is 1.26. The number of carbonyl (C=O) groups excluding carboxylic acids is 4. The molecule has 0 radical (unpaired) electrons. The van der Waals surface area contributed by atoms with E-state index in [4.69, 9.17) is 4.84 Å². The molecule has 12 atom stereocenters. The molecule has 103 heavy (non-hydrogen) atoms. The second-order valence-corrected chi connectivity index (χ2v) is 27.7. The van der Waals surface area contributed by atoms with Crippen molar-refractivity contribution >= 4 is 65.4 Å². The van der Waals surface area contributed by atoms with Crippen LogP contribution in [-0.4, -0.2) is 324 Å². The zero-order valence-electron chi connectivity index (χ0n) is 62.2. The number of nitrogens with zero attached hydrogens (tertiary/aromatic N) is 8. The van der Waals surface area contributed by atoms with Gasteiger partial charge in [0.2, 0.25) is 23.6 Å². The number of amides is 4. The highest BCUT2D eigenvalue weighted by Crippen LogP contribution is 2.20. The maximum atomic E-state index is 14.1. The number of aliphatic hydroxyl groups is 1. The molecule has 1 aromatic rings. The fraction of sp³-hybridized carbons (Fsp3) is 0.729. The smallest absolute Gasteiger partial charge is 0.320 e. The minimum absolute atomic E-state index is 0.00336. The van der Waals surface area contributed by atoms with E-state index in [0.29, 0.717) is 6.42 Å². The third-order valence-corrected chi connectivity index (χ3v) is 20.3. The maximum Gasteiger partial charge on any atom is 0.320 e. The number of nitrogens with one attached hydrogen (secondary N) is 5. The van der Waals surface area contributed by atoms with E-state index in [1.807, 2.05) is 63.8 Å². The van der Waals surface area contributed by atoms with E-state index in [-0.39, 0.29) is 198 Å². The Hall–Kier alpha value is -7.47. The molecule has 2 aliphatic rings. The Kier molecular flexibility index (Phi) is 39.8. The highest BCUT2D eigenvalue weighted by atomic mass is 16.6. The Morgan fingerprint density at radius 3 is 1.10 bits per heavy atom. The van der Waals surface area contributed by atoms with Crippen LogP contribution in [0.25, 0.3) is 0 Å². The predicted molar refractivity (Wildman–Crippen MR) is 381 cm³/mol. The first-order valence-corrected chi connectivity index (χ1v) is 35.9. The molecule has 13 N–H and O–H groups in total. The SMILES string of the molecule is C=C(O)C(C)N1CCN(C(C)C(=O)O)CCN(C(CCC(=O)N[C@H](CCNC(=O)CCC(C(=O)O)N2CCN(C(C)C(=O)O)CCN(C(C)C(=O)O)CCN(C(C)C(=O)O)CC2)CONCc2ccc(CNC(=O)[C@H](CC(C)C)NC(=O)[C@@H](C)C(C)CC)cc2)C(=O)O)CCN(C(C)C(=O)O)CC1. The molecule has 1 aromatic carbocycles. The number of aliphatic hydroxyl groups excluding tert-OH is 1. The van der Waals surface area contributed by atoms with Gasteiger partial charge >= 0.3 is 41.8 Å². The second kappa shape index (κ2) is 45.7. The van der Waals surface area contributed by atoms with E-state index in [1.165, 1.54) is 34.6 Å². The van der Waals surface area contributed by atoms with E-state index in [0.717, 1.165) is 17.5 Å². The molecule has 2 fully saturated rings. The van der Waals surface area contributed by atoms with E-state index < -0.39 is 114 Å². The molecule has 9 unspecified atom stereocenters. The van der Waals surface area contributed by atoms with Gasteiger partial charge in [0.1, 0.15) is 54.1 Å². The lowest BCUT2D eigenvalue weighted by Crippen LogP contribution is -2.55. The van der Waals surface area contributed by atoms with Gasteiger partial charge in [-0.15, -0.1) is 0 Å². The Labute approximate surface area is 605 Å². The Balaban J connectivity index is 1.89. The summed E-state index contributed by atoms with van der Waals surface area (Å²) in [5, 5.41) is 93.7. The van der Waals surface area contributed by atoms with Crippen LogP contribution in [0, 0.1) is 17.8 Å². The van der Waals surface area contributed by atoms with Gasteiger partial charge in [-0.3, -0.25) is 96.8 Å². The summed E-state index contributed by atoms with van der Waals surface area (Å²) >= 11 is 0. The number of aliphatic carboxylic acids is 7. The fourth-order valence-corrected chi connectivity index (χ4v) is 12.3. The quantitative estimate of drug-likeness (QED) is 0.0250. The monoisotopic (exact) mass is 1460 g/mol. The number of benzene rings is 1. The summed E-state index contributed by atoms with van der Waals surface area (Å²) in [5.74, 6) is -10.1. The summed E-state index contributed by atoms with van der Waals surface area (Å²) in [6.07, 6.45) is 0.157. The van der Waals surface area contributed by atoms with Crippen molar-refractivity contribution in [1.82, 2.24) is 65.9 Å². The molecule has 33 heteroatoms. The second-order valence-electron chi connectivity index (χ2n) is 27.7. The number of rotatable bonds is 40. The average Bonchev–Trinajstić information content (AvgIpc) is 0.860. The molecule has 3 rings (SSSR count). The van der Waals surface area contributed by atoms with Crippen molar-refractivity contribution in [3.05, 3.63) is 47.7 Å². The number of hydroxylamine groups is 1. The number of carbonyl (C=O) groups is 11. The molecule has 4 amide bonds. The van der Waals surface area contributed by atoms with E-state index in [1.54, 1.807) is 41.2 Å². The first-order valence-electron chi connectivity index (χ1n) is 35.9. The van der Waals surface area contributed by atoms with Gasteiger partial charge in [-0.2, -0.15) is 5.48 Å². The molecule has 0 aromatic heterocycles. The van der Waals surface area contributed by atoms with Gasteiger partial charge in [0.25, 0.3) is 0 Å². The van der Waals surface area contributed by atoms with Gasteiger partial charge in [0.05, 0.1) is 18.7 Å². The molecule has 0 saturated carbocycles. The first-order chi connectivity index (χ1) is 48.5. The molecule has 0 spiro atoms. The molecule has 2 saturated heterocycles. The number of carboxylic acid groups (broad SMARTS) is 7. The van der Waals surface area contributed by atoms with Crippen LogP contribution in [-0.2, 0) is 70.7 Å². The van der Waals surface area contributed by atoms with Crippen molar-refractivity contribution in [1.29, 1.82) is 0 Å². The van der Waals surface area contributed by atoms with Gasteiger partial charge in [-0.1, -0.05) is 71.9 Å². The van der Waals surface area contributed by atoms with E-state index in [9.17, 15) is 93.6 Å². The van der Waals surface area contributed by atoms with Gasteiger partial charge in [0, 0.05) is 143 Å². The topological polar surface area (TPSA) is 445 Å². The van der Waals surface area contributed by atoms with Crippen molar-refractivity contribution in [2.75, 3.05) is 118 Å². The average molecular weight is 1460 g/mol. The van der Waals surface area contributed by atoms with Gasteiger partial charge in [-0.05, 0) is 90.2 Å². The van der Waals surface area contributed by atoms with Crippen molar-refractivity contribution in [3.63, 3.8) is 0 Å². The minimum atomic E-state index is -1.32. The van der Waals surface area contributed by atoms with Gasteiger partial charge < -0.3 is 62.1 Å². The standard InChI is InChI=1S/C70H119N13O20/c1-13-45(4)46(5)62(87)75-57(40-44(2)3)63(88)72-41-54-14-16-55(17-15-54)42-73-103-43-56(74-61(86)21-19-59(70(101)102)83-38-32-78(49(8)65(91)92)26-24-76(47(6)53(12)84)25-27-79(33-39-83)50(9)66(93)94)22-23-71-60(85)20-18-58(69(99)100)82-36-34-80(51(10)67(95)96)30-28-77(48(7)64(89)90)29-31-81(35-37-82)52(11)68(97)98/h14-17,44-52,56-59,73,84H,12-13,18-43H2,1-11H3,(H,71,85)(H,72,88)(H,74,86)(H,75,87)(H,89,90)(H,91,92)(H,93,94)(H,95,96)(H,97,98)(H,99,100)(H,101,102)/t45?,46-,47?,48?,49?,50?,51?,52?,56+,57-,58?,59?/m0/s1. The number of carboxylic acids is 7. The van der Waals surface area contributed by atoms with Gasteiger partial charge in [-0.25, -0.2) is 0 Å². The van der Waals surface area contributed by atoms with Crippen molar-refractivity contribution in [2.45, 2.75) is 195 Å². The highest BCUT2D eigenvalue weighted by molar-refractivity contribution is 5.88. The molecule has 2 heterocycles. The van der Waals surface area contributed by atoms with Crippen LogP contribution < -0.4 is 26.7 Å². The van der Waals surface area contributed by atoms with Crippen LogP contribution in [0.2, 0.25) is 0 Å². The van der Waals surface area contributed by atoms with E-state index >= 15 is 0 Å². The number of hydrogen-bond donors (Lipinski definition) is 13. The van der Waals surface area contributed by atoms with Crippen molar-refractivity contribution in [2.24, 2.45) is 17.8 Å². The lowest BCUT2D eigenvalue weighted by atomic mass is 9.92. The Morgan fingerprint density at radius 2 is 0.767 bits per heavy atom. The fourth-order valence-electron chi connectivity index (χ4n) is 12.3. The van der Waals surface area contributed by atoms with Crippen LogP contribution in [0.5, 0.6) is 0 Å². The molecule has 584 valence electrons. The summed E-state index contributed by atoms with van der Waals surface area (Å²) in [6, 6.07) is -2.60. The van der Waals surface area contributed by atoms with Crippen molar-refractivity contribution in [3.8, 4) is 0 Å². The van der Waals surface area contributed by atoms with E-state index in [2.05, 4.69) is 33.3 Å². The summed E-state index contributed by atoms with van der Waals surface area (Å²) in [4.78, 5) is 161. The summed E-state index contributed by atoms with van der Waals surface area (Å²) in [5.41, 5.74) is 4.44. The lowest BCUT2D eigenvalue weighted by molar-refractivity contribution is -0.147. The Bertz CT molecular complexity index is 2840. The molecule has 0 bridgehead atoms. The first kappa shape index (κ1) is 89.7. The summed E-state index contributed by atoms with van der Waals surface area (Å²) < 4.78 is 0. The third kappa shape index (κ3) is 31.4. The van der Waals surface area contributed by atoms with Crippen molar-refractivity contribution < 1.29 is 98.4 Å². The van der Waals surface area contributed by atoms with Crippen LogP contribution in [0.15, 0.2) is 36.6 Å². The zero-order valence-corrected chi connectivity index (χ0v) is 62.2. The minimum Gasteiger partial charge on any atom is -0.511 e. The van der Waals surface area contributed by atoms with Crippen LogP contribution >= 0.6 is 0 Å². The molecular weight excluding hydrogens is 1340 g/mol. The molecular formula is C70H119N13O20. The maximum absolute atomic E-state index is 14.1. The highest BCUT2D eigenvalue weighted by Gasteiger charge is 2.36. The van der Waals surface area contributed by atoms with Crippen LogP contribution in [0.1, 0.15) is 132 Å². The zero-order chi connectivity index (χ0) is 77.4. The normalized spacial score (nSPS) is 19.8. The number of hydrogen-bond acceptors (Lipinski definition) is 22.